The average Bonchev–Trinajstić information content (AvgIpc) is 2.95. The number of hydrogen-bond donors (Lipinski definition) is 3. The number of halogens is 1. The van der Waals surface area contributed by atoms with Gasteiger partial charge in [0.05, 0.1) is 0 Å². The van der Waals surface area contributed by atoms with Gasteiger partial charge in [-0.3, -0.25) is 10.2 Å². The van der Waals surface area contributed by atoms with Crippen LogP contribution in [-0.4, -0.2) is 24.5 Å². The van der Waals surface area contributed by atoms with Crippen LogP contribution >= 0.6 is 11.6 Å². The van der Waals surface area contributed by atoms with Crippen molar-refractivity contribution in [2.75, 3.05) is 6.54 Å². The van der Waals surface area contributed by atoms with Gasteiger partial charge < -0.3 is 5.32 Å². The maximum absolute atomic E-state index is 12.3. The molecule has 1 saturated heterocycles. The van der Waals surface area contributed by atoms with Crippen molar-refractivity contribution < 1.29 is 4.79 Å². The Kier molecular flexibility index (Phi) is 5.48. The summed E-state index contributed by atoms with van der Waals surface area (Å²) >= 11 is 6.06. The summed E-state index contributed by atoms with van der Waals surface area (Å²) in [5.41, 5.74) is 7.25. The van der Waals surface area contributed by atoms with Crippen LogP contribution < -0.4 is 16.2 Å². The lowest BCUT2D eigenvalue weighted by atomic mass is 9.84. The first-order valence-corrected chi connectivity index (χ1v) is 8.22. The molecule has 3 N–H and O–H groups in total. The van der Waals surface area contributed by atoms with E-state index in [0.717, 1.165) is 17.0 Å². The van der Waals surface area contributed by atoms with Crippen LogP contribution in [0.4, 0.5) is 0 Å². The summed E-state index contributed by atoms with van der Waals surface area (Å²) in [6, 6.07) is 7.98. The molecule has 22 heavy (non-hydrogen) atoms. The molecule has 2 atom stereocenters. The van der Waals surface area contributed by atoms with Crippen molar-refractivity contribution >= 4 is 17.5 Å². The Morgan fingerprint density at radius 3 is 2.73 bits per heavy atom. The molecule has 0 aromatic heterocycles. The van der Waals surface area contributed by atoms with E-state index in [1.54, 1.807) is 0 Å². The largest absolute Gasteiger partial charge is 0.354 e. The molecule has 2 rings (SSSR count). The molecule has 1 fully saturated rings. The minimum Gasteiger partial charge on any atom is -0.354 e. The van der Waals surface area contributed by atoms with Crippen molar-refractivity contribution in [3.63, 3.8) is 0 Å². The van der Waals surface area contributed by atoms with Crippen LogP contribution in [0.3, 0.4) is 0 Å². The van der Waals surface area contributed by atoms with Crippen LogP contribution in [-0.2, 0) is 10.2 Å². The van der Waals surface area contributed by atoms with Crippen molar-refractivity contribution in [1.82, 2.24) is 16.2 Å². The topological polar surface area (TPSA) is 53.2 Å². The second kappa shape index (κ2) is 6.99. The zero-order valence-corrected chi connectivity index (χ0v) is 14.5. The van der Waals surface area contributed by atoms with E-state index >= 15 is 0 Å². The molecule has 0 radical (unpaired) electrons. The summed E-state index contributed by atoms with van der Waals surface area (Å²) in [5.74, 6) is 0.555. The maximum Gasteiger partial charge on any atom is 0.238 e. The number of benzene rings is 1. The predicted octanol–water partition coefficient (Wildman–Crippen LogP) is 2.62. The summed E-state index contributed by atoms with van der Waals surface area (Å²) in [6.45, 7) is 9.10. The first kappa shape index (κ1) is 17.3. The summed E-state index contributed by atoms with van der Waals surface area (Å²) in [7, 11) is 0. The van der Waals surface area contributed by atoms with Gasteiger partial charge in [0.15, 0.2) is 0 Å². The van der Waals surface area contributed by atoms with E-state index in [1.807, 2.05) is 24.3 Å². The second-order valence-corrected chi connectivity index (χ2v) is 7.48. The molecule has 1 amide bonds. The standard InChI is InChI=1S/C17H26ClN3O/c1-11(2)14-9-15(21-20-14)16(22)19-10-17(3,4)12-6-5-7-13(18)8-12/h5-8,11,14-15,20-21H,9-10H2,1-4H3,(H,19,22). The number of rotatable bonds is 5. The van der Waals surface area contributed by atoms with Crippen LogP contribution in [0.15, 0.2) is 24.3 Å². The van der Waals surface area contributed by atoms with E-state index in [2.05, 4.69) is 43.9 Å². The van der Waals surface area contributed by atoms with Gasteiger partial charge in [0, 0.05) is 23.0 Å². The lowest BCUT2D eigenvalue weighted by Gasteiger charge is -2.26. The van der Waals surface area contributed by atoms with Gasteiger partial charge in [-0.1, -0.05) is 51.4 Å². The highest BCUT2D eigenvalue weighted by Crippen LogP contribution is 2.25. The average molecular weight is 324 g/mol. The fourth-order valence-electron chi connectivity index (χ4n) is 2.63. The van der Waals surface area contributed by atoms with Crippen molar-refractivity contribution in [3.05, 3.63) is 34.9 Å². The Morgan fingerprint density at radius 1 is 1.41 bits per heavy atom. The molecule has 0 spiro atoms. The quantitative estimate of drug-likeness (QED) is 0.781. The highest BCUT2D eigenvalue weighted by molar-refractivity contribution is 6.30. The fraction of sp³-hybridized carbons (Fsp3) is 0.588. The third-order valence-electron chi connectivity index (χ3n) is 4.36. The SMILES string of the molecule is CC(C)C1CC(C(=O)NCC(C)(C)c2cccc(Cl)c2)NN1. The summed E-state index contributed by atoms with van der Waals surface area (Å²) in [4.78, 5) is 12.3. The molecular weight excluding hydrogens is 298 g/mol. The zero-order valence-electron chi connectivity index (χ0n) is 13.7. The van der Waals surface area contributed by atoms with Gasteiger partial charge in [0.25, 0.3) is 0 Å². The Morgan fingerprint density at radius 2 is 2.14 bits per heavy atom. The number of hydrazine groups is 1. The lowest BCUT2D eigenvalue weighted by Crippen LogP contribution is -2.46. The van der Waals surface area contributed by atoms with Crippen LogP contribution in [0.1, 0.15) is 39.7 Å². The number of hydrogen-bond acceptors (Lipinski definition) is 3. The third-order valence-corrected chi connectivity index (χ3v) is 4.60. The number of amides is 1. The minimum atomic E-state index is -0.164. The molecule has 1 heterocycles. The molecule has 0 aliphatic carbocycles. The first-order valence-electron chi connectivity index (χ1n) is 7.84. The summed E-state index contributed by atoms with van der Waals surface area (Å²) < 4.78 is 0. The molecular formula is C17H26ClN3O. The highest BCUT2D eigenvalue weighted by atomic mass is 35.5. The lowest BCUT2D eigenvalue weighted by molar-refractivity contribution is -0.123. The molecule has 1 aromatic carbocycles. The van der Waals surface area contributed by atoms with E-state index < -0.39 is 0 Å². The molecule has 0 bridgehead atoms. The first-order chi connectivity index (χ1) is 10.3. The van der Waals surface area contributed by atoms with Crippen molar-refractivity contribution in [2.45, 2.75) is 51.6 Å². The van der Waals surface area contributed by atoms with Crippen molar-refractivity contribution in [2.24, 2.45) is 5.92 Å². The molecule has 0 saturated carbocycles. The van der Waals surface area contributed by atoms with E-state index in [1.165, 1.54) is 0 Å². The van der Waals surface area contributed by atoms with Crippen LogP contribution in [0.5, 0.6) is 0 Å². The molecule has 4 nitrogen and oxygen atoms in total. The molecule has 2 unspecified atom stereocenters. The predicted molar refractivity (Wildman–Crippen MR) is 90.8 cm³/mol. The van der Waals surface area contributed by atoms with Gasteiger partial charge in [0.2, 0.25) is 5.91 Å². The van der Waals surface area contributed by atoms with Crippen LogP contribution in [0.25, 0.3) is 0 Å². The molecule has 1 aliphatic rings. The highest BCUT2D eigenvalue weighted by Gasteiger charge is 2.31. The Hall–Kier alpha value is -1.10. The second-order valence-electron chi connectivity index (χ2n) is 7.04. The summed E-state index contributed by atoms with van der Waals surface area (Å²) in [6.07, 6.45) is 0.821. The molecule has 122 valence electrons. The Bertz CT molecular complexity index is 530. The number of nitrogens with one attached hydrogen (secondary N) is 3. The number of carbonyl (C=O) groups is 1. The zero-order chi connectivity index (χ0) is 16.3. The van der Waals surface area contributed by atoms with E-state index in [4.69, 9.17) is 11.6 Å². The van der Waals surface area contributed by atoms with Gasteiger partial charge in [-0.25, -0.2) is 5.43 Å². The van der Waals surface area contributed by atoms with Crippen molar-refractivity contribution in [1.29, 1.82) is 0 Å². The molecule has 1 aromatic rings. The van der Waals surface area contributed by atoms with E-state index in [0.29, 0.717) is 18.5 Å². The van der Waals surface area contributed by atoms with Gasteiger partial charge in [-0.2, -0.15) is 0 Å². The van der Waals surface area contributed by atoms with Crippen LogP contribution in [0, 0.1) is 5.92 Å². The molecule has 5 heteroatoms. The number of carbonyl (C=O) groups excluding carboxylic acids is 1. The smallest absolute Gasteiger partial charge is 0.238 e. The van der Waals surface area contributed by atoms with Gasteiger partial charge in [-0.15, -0.1) is 0 Å². The minimum absolute atomic E-state index is 0.0470. The van der Waals surface area contributed by atoms with E-state index in [-0.39, 0.29) is 17.4 Å². The Labute approximate surface area is 138 Å². The maximum atomic E-state index is 12.3. The molecule has 1 aliphatic heterocycles. The van der Waals surface area contributed by atoms with Gasteiger partial charge in [0.1, 0.15) is 6.04 Å². The van der Waals surface area contributed by atoms with E-state index in [9.17, 15) is 4.79 Å². The fourth-order valence-corrected chi connectivity index (χ4v) is 2.82. The van der Waals surface area contributed by atoms with Crippen molar-refractivity contribution in [3.8, 4) is 0 Å². The normalized spacial score (nSPS) is 22.1. The van der Waals surface area contributed by atoms with Gasteiger partial charge in [-0.05, 0) is 30.0 Å². The van der Waals surface area contributed by atoms with Gasteiger partial charge >= 0.3 is 0 Å². The third kappa shape index (κ3) is 4.22. The Balaban J connectivity index is 1.90. The van der Waals surface area contributed by atoms with Crippen LogP contribution in [0.2, 0.25) is 5.02 Å². The monoisotopic (exact) mass is 323 g/mol. The summed E-state index contributed by atoms with van der Waals surface area (Å²) in [5, 5.41) is 3.78.